The Bertz CT molecular complexity index is 1560. The third kappa shape index (κ3) is 4.38. The van der Waals surface area contributed by atoms with Crippen molar-refractivity contribution in [3.05, 3.63) is 107 Å². The second-order valence-corrected chi connectivity index (χ2v) is 10.6. The minimum atomic E-state index is -0.767. The van der Waals surface area contributed by atoms with Crippen molar-refractivity contribution in [3.63, 3.8) is 0 Å². The van der Waals surface area contributed by atoms with Crippen molar-refractivity contribution in [2.75, 3.05) is 0 Å². The molecule has 2 aliphatic heterocycles. The van der Waals surface area contributed by atoms with Crippen molar-refractivity contribution in [1.82, 2.24) is 20.5 Å². The van der Waals surface area contributed by atoms with Crippen LogP contribution >= 0.6 is 0 Å². The minimum Gasteiger partial charge on any atom is -0.356 e. The van der Waals surface area contributed by atoms with Crippen molar-refractivity contribution >= 4 is 28.6 Å². The van der Waals surface area contributed by atoms with Gasteiger partial charge in [0.05, 0.1) is 6.04 Å². The monoisotopic (exact) mass is 520 g/mol. The molecule has 3 heterocycles. The fourth-order valence-corrected chi connectivity index (χ4v) is 5.91. The van der Waals surface area contributed by atoms with Crippen molar-refractivity contribution in [2.45, 2.75) is 57.3 Å². The van der Waals surface area contributed by atoms with Crippen LogP contribution in [0.5, 0.6) is 0 Å². The van der Waals surface area contributed by atoms with E-state index in [4.69, 9.17) is 0 Å². The molecule has 3 N–H and O–H groups in total. The second kappa shape index (κ2) is 10.1. The number of nitrogens with zero attached hydrogens (tertiary/aromatic N) is 1. The maximum absolute atomic E-state index is 14.1. The number of H-pyrrole nitrogens is 1. The number of para-hydroxylation sites is 1. The van der Waals surface area contributed by atoms with E-state index >= 15 is 0 Å². The van der Waals surface area contributed by atoms with Crippen molar-refractivity contribution in [2.24, 2.45) is 0 Å². The summed E-state index contributed by atoms with van der Waals surface area (Å²) in [5.41, 5.74) is 5.43. The van der Waals surface area contributed by atoms with Gasteiger partial charge in [0.25, 0.3) is 5.91 Å². The van der Waals surface area contributed by atoms with Crippen molar-refractivity contribution < 1.29 is 14.4 Å². The van der Waals surface area contributed by atoms with Crippen LogP contribution in [0.4, 0.5) is 0 Å². The van der Waals surface area contributed by atoms with Crippen LogP contribution in [-0.2, 0) is 22.4 Å². The van der Waals surface area contributed by atoms with E-state index < -0.39 is 12.1 Å². The number of amides is 3. The van der Waals surface area contributed by atoms with Crippen molar-refractivity contribution in [3.8, 4) is 0 Å². The molecule has 4 aromatic rings. The van der Waals surface area contributed by atoms with E-state index in [1.54, 1.807) is 4.90 Å². The van der Waals surface area contributed by atoms with E-state index in [1.807, 2.05) is 86.6 Å². The zero-order valence-corrected chi connectivity index (χ0v) is 22.1. The lowest BCUT2D eigenvalue weighted by atomic mass is 9.89. The Morgan fingerprint density at radius 2 is 1.69 bits per heavy atom. The Kier molecular flexibility index (Phi) is 6.43. The van der Waals surface area contributed by atoms with Gasteiger partial charge in [-0.25, -0.2) is 0 Å². The van der Waals surface area contributed by atoms with E-state index in [-0.39, 0.29) is 29.8 Å². The first kappa shape index (κ1) is 24.9. The topological polar surface area (TPSA) is 94.3 Å². The van der Waals surface area contributed by atoms with E-state index in [1.165, 1.54) is 0 Å². The summed E-state index contributed by atoms with van der Waals surface area (Å²) in [5, 5.41) is 7.12. The molecule has 198 valence electrons. The summed E-state index contributed by atoms with van der Waals surface area (Å²) >= 11 is 0. The van der Waals surface area contributed by atoms with Gasteiger partial charge in [0, 0.05) is 41.0 Å². The number of fused-ring (bicyclic) bond motifs is 7. The molecule has 7 nitrogen and oxygen atoms in total. The third-order valence-corrected chi connectivity index (χ3v) is 8.07. The summed E-state index contributed by atoms with van der Waals surface area (Å²) < 4.78 is 0. The predicted octanol–water partition coefficient (Wildman–Crippen LogP) is 4.28. The van der Waals surface area contributed by atoms with Gasteiger partial charge in [-0.15, -0.1) is 0 Å². The fraction of sp³-hybridized carbons (Fsp3) is 0.281. The molecule has 2 aliphatic rings. The zero-order chi connectivity index (χ0) is 27.1. The first-order chi connectivity index (χ1) is 19.0. The van der Waals surface area contributed by atoms with Crippen LogP contribution in [-0.4, -0.2) is 45.7 Å². The lowest BCUT2D eigenvalue weighted by molar-refractivity contribution is -0.132. The highest BCUT2D eigenvalue weighted by Crippen LogP contribution is 2.46. The van der Waals surface area contributed by atoms with Crippen LogP contribution in [0, 0.1) is 0 Å². The molecule has 7 heteroatoms. The number of rotatable bonds is 7. The first-order valence-electron chi connectivity index (χ1n) is 13.6. The van der Waals surface area contributed by atoms with Crippen LogP contribution < -0.4 is 10.6 Å². The normalized spacial score (nSPS) is 19.1. The molecule has 0 radical (unpaired) electrons. The highest BCUT2D eigenvalue weighted by Gasteiger charge is 2.49. The molecule has 0 saturated carbocycles. The molecule has 1 aromatic heterocycles. The number of hydrogen-bond acceptors (Lipinski definition) is 3. The number of aromatic amines is 1. The summed E-state index contributed by atoms with van der Waals surface area (Å²) in [6.07, 6.45) is 1.51. The summed E-state index contributed by atoms with van der Waals surface area (Å²) in [5.74, 6) is -0.709. The Morgan fingerprint density at radius 3 is 2.49 bits per heavy atom. The number of aromatic nitrogens is 1. The van der Waals surface area contributed by atoms with Crippen LogP contribution in [0.25, 0.3) is 10.9 Å². The summed E-state index contributed by atoms with van der Waals surface area (Å²) in [6, 6.07) is 23.3. The first-order valence-corrected chi connectivity index (χ1v) is 13.6. The predicted molar refractivity (Wildman–Crippen MR) is 150 cm³/mol. The summed E-state index contributed by atoms with van der Waals surface area (Å²) in [6.45, 7) is 3.96. The van der Waals surface area contributed by atoms with Gasteiger partial charge >= 0.3 is 0 Å². The Morgan fingerprint density at radius 1 is 0.974 bits per heavy atom. The number of carbonyl (C=O) groups excluding carboxylic acids is 3. The summed E-state index contributed by atoms with van der Waals surface area (Å²) in [4.78, 5) is 46.4. The Balaban J connectivity index is 1.37. The Labute approximate surface area is 227 Å². The highest BCUT2D eigenvalue weighted by molar-refractivity contribution is 6.04. The molecule has 0 saturated heterocycles. The van der Waals surface area contributed by atoms with Crippen LogP contribution in [0.2, 0.25) is 0 Å². The molecule has 0 aliphatic carbocycles. The average Bonchev–Trinajstić information content (AvgIpc) is 3.48. The van der Waals surface area contributed by atoms with Gasteiger partial charge in [-0.3, -0.25) is 14.4 Å². The largest absolute Gasteiger partial charge is 0.356 e. The standard InChI is InChI=1S/C32H32N4O3/c1-3-19(2)33-30(37)26(17-20-11-5-4-6-12-20)35-31(38)27-18-24-21-13-9-10-16-25(21)34-28(24)29-22-14-7-8-15-23(22)32(39)36(27)29/h4-16,19,26-27,29,34H,3,17-18H2,1-2H3,(H,33,37)(H,35,38)/t19-,26-,27-,29-/m0/s1. The molecular weight excluding hydrogens is 488 g/mol. The second-order valence-electron chi connectivity index (χ2n) is 10.6. The zero-order valence-electron chi connectivity index (χ0n) is 22.1. The van der Waals surface area contributed by atoms with Gasteiger partial charge in [0.15, 0.2) is 0 Å². The van der Waals surface area contributed by atoms with E-state index in [0.717, 1.165) is 39.7 Å². The summed E-state index contributed by atoms with van der Waals surface area (Å²) in [7, 11) is 0. The fourth-order valence-electron chi connectivity index (χ4n) is 5.91. The molecule has 3 amide bonds. The molecule has 0 spiro atoms. The smallest absolute Gasteiger partial charge is 0.255 e. The molecule has 39 heavy (non-hydrogen) atoms. The van der Waals surface area contributed by atoms with Crippen LogP contribution in [0.1, 0.15) is 59.1 Å². The van der Waals surface area contributed by atoms with Crippen LogP contribution in [0.3, 0.4) is 0 Å². The number of hydrogen-bond donors (Lipinski definition) is 3. The number of nitrogens with one attached hydrogen (secondary N) is 3. The number of carbonyl (C=O) groups is 3. The minimum absolute atomic E-state index is 0.0184. The highest BCUT2D eigenvalue weighted by atomic mass is 16.2. The lowest BCUT2D eigenvalue weighted by Gasteiger charge is -2.37. The SMILES string of the molecule is CC[C@H](C)NC(=O)[C@H](Cc1ccccc1)NC(=O)[C@@H]1Cc2c([nH]c3ccccc23)[C@@H]2c3ccccc3C(=O)N21. The molecule has 4 atom stereocenters. The van der Waals surface area contributed by atoms with Crippen LogP contribution in [0.15, 0.2) is 78.9 Å². The van der Waals surface area contributed by atoms with Gasteiger partial charge in [-0.1, -0.05) is 73.7 Å². The number of benzene rings is 3. The maximum atomic E-state index is 14.1. The third-order valence-electron chi connectivity index (χ3n) is 8.07. The van der Waals surface area contributed by atoms with E-state index in [2.05, 4.69) is 21.7 Å². The molecule has 3 aromatic carbocycles. The molecular formula is C32H32N4O3. The Hall–Kier alpha value is -4.39. The molecule has 0 bridgehead atoms. The molecule has 0 fully saturated rings. The van der Waals surface area contributed by atoms with Gasteiger partial charge in [0.2, 0.25) is 11.8 Å². The van der Waals surface area contributed by atoms with E-state index in [9.17, 15) is 14.4 Å². The van der Waals surface area contributed by atoms with Gasteiger partial charge in [0.1, 0.15) is 12.1 Å². The van der Waals surface area contributed by atoms with Gasteiger partial charge < -0.3 is 20.5 Å². The molecule has 0 unspecified atom stereocenters. The molecule has 6 rings (SSSR count). The quantitative estimate of drug-likeness (QED) is 0.340. The maximum Gasteiger partial charge on any atom is 0.255 e. The van der Waals surface area contributed by atoms with Crippen molar-refractivity contribution in [1.29, 1.82) is 0 Å². The van der Waals surface area contributed by atoms with E-state index in [0.29, 0.717) is 18.4 Å². The average molecular weight is 521 g/mol. The lowest BCUT2D eigenvalue weighted by Crippen LogP contribution is -2.57. The van der Waals surface area contributed by atoms with Gasteiger partial charge in [-0.05, 0) is 42.2 Å². The van der Waals surface area contributed by atoms with Gasteiger partial charge in [-0.2, -0.15) is 0 Å².